The molecule has 1 amide bonds. The largest absolute Gasteiger partial charge is 0.434 e. The van der Waals surface area contributed by atoms with Crippen LogP contribution in [0.15, 0.2) is 53.1 Å². The molecule has 0 aliphatic carbocycles. The van der Waals surface area contributed by atoms with Crippen LogP contribution in [-0.2, 0) is 4.79 Å². The molecular formula is C22H21F2N3O3. The second-order valence-corrected chi connectivity index (χ2v) is 6.85. The van der Waals surface area contributed by atoms with Gasteiger partial charge in [0.2, 0.25) is 5.91 Å². The average molecular weight is 413 g/mol. The predicted octanol–water partition coefficient (Wildman–Crippen LogP) is 5.42. The van der Waals surface area contributed by atoms with Crippen molar-refractivity contribution in [3.05, 3.63) is 65.5 Å². The number of anilines is 1. The molecule has 0 bridgehead atoms. The molecule has 30 heavy (non-hydrogen) atoms. The van der Waals surface area contributed by atoms with E-state index in [1.165, 1.54) is 18.2 Å². The van der Waals surface area contributed by atoms with Crippen molar-refractivity contribution >= 4 is 17.7 Å². The Morgan fingerprint density at radius 3 is 2.63 bits per heavy atom. The number of hydrogen-bond donors (Lipinski definition) is 1. The van der Waals surface area contributed by atoms with Gasteiger partial charge in [0, 0.05) is 17.6 Å². The Kier molecular flexibility index (Phi) is 6.56. The van der Waals surface area contributed by atoms with Crippen molar-refractivity contribution in [1.82, 2.24) is 10.1 Å². The number of benzene rings is 2. The van der Waals surface area contributed by atoms with Crippen LogP contribution >= 0.6 is 0 Å². The molecule has 1 N–H and O–H groups in total. The molecule has 0 aliphatic heterocycles. The number of halogens is 2. The van der Waals surface area contributed by atoms with E-state index in [1.54, 1.807) is 24.3 Å². The zero-order chi connectivity index (χ0) is 21.7. The second kappa shape index (κ2) is 9.30. The highest BCUT2D eigenvalue weighted by atomic mass is 19.3. The number of para-hydroxylation sites is 2. The van der Waals surface area contributed by atoms with Crippen molar-refractivity contribution in [2.75, 3.05) is 5.32 Å². The number of carbonyl (C=O) groups excluding carboxylic acids is 1. The minimum atomic E-state index is -2.95. The van der Waals surface area contributed by atoms with Crippen molar-refractivity contribution in [2.24, 2.45) is 0 Å². The topological polar surface area (TPSA) is 77.3 Å². The van der Waals surface area contributed by atoms with Crippen LogP contribution in [0.1, 0.15) is 36.7 Å². The number of aromatic nitrogens is 2. The number of alkyl halides is 2. The van der Waals surface area contributed by atoms with Crippen LogP contribution in [-0.4, -0.2) is 22.7 Å². The van der Waals surface area contributed by atoms with E-state index < -0.39 is 12.5 Å². The highest BCUT2D eigenvalue weighted by Gasteiger charge is 2.17. The number of nitrogens with one attached hydrogen (secondary N) is 1. The van der Waals surface area contributed by atoms with E-state index in [0.717, 1.165) is 5.56 Å². The van der Waals surface area contributed by atoms with Gasteiger partial charge < -0.3 is 14.6 Å². The fourth-order valence-corrected chi connectivity index (χ4v) is 2.74. The standard InChI is InChI=1S/C22H21F2N3O3/c1-13(2)20-26-21(30-27-20)16-9-6-7-14(3)19(16)25-18(28)12-11-15-8-4-5-10-17(15)29-22(23)24/h4-13,22H,1-3H3,(H,25,28)/b12-11+. The lowest BCUT2D eigenvalue weighted by Gasteiger charge is -2.10. The van der Waals surface area contributed by atoms with Gasteiger partial charge in [-0.2, -0.15) is 13.8 Å². The summed E-state index contributed by atoms with van der Waals surface area (Å²) in [6.07, 6.45) is 2.66. The maximum absolute atomic E-state index is 12.5. The average Bonchev–Trinajstić information content (AvgIpc) is 3.19. The summed E-state index contributed by atoms with van der Waals surface area (Å²) in [7, 11) is 0. The Morgan fingerprint density at radius 1 is 1.17 bits per heavy atom. The molecule has 2 aromatic carbocycles. The van der Waals surface area contributed by atoms with Crippen molar-refractivity contribution in [2.45, 2.75) is 33.3 Å². The van der Waals surface area contributed by atoms with Crippen molar-refractivity contribution in [3.8, 4) is 17.2 Å². The van der Waals surface area contributed by atoms with E-state index in [0.29, 0.717) is 28.5 Å². The first kappa shape index (κ1) is 21.2. The van der Waals surface area contributed by atoms with Gasteiger partial charge in [-0.1, -0.05) is 49.3 Å². The van der Waals surface area contributed by atoms with Crippen LogP contribution in [0.3, 0.4) is 0 Å². The summed E-state index contributed by atoms with van der Waals surface area (Å²) in [4.78, 5) is 16.9. The van der Waals surface area contributed by atoms with E-state index >= 15 is 0 Å². The summed E-state index contributed by atoms with van der Waals surface area (Å²) < 4.78 is 34.9. The summed E-state index contributed by atoms with van der Waals surface area (Å²) in [5.41, 5.74) is 2.29. The zero-order valence-electron chi connectivity index (χ0n) is 16.7. The van der Waals surface area contributed by atoms with E-state index in [1.807, 2.05) is 32.9 Å². The molecular weight excluding hydrogens is 392 g/mol. The summed E-state index contributed by atoms with van der Waals surface area (Å²) in [6.45, 7) is 2.80. The predicted molar refractivity (Wildman–Crippen MR) is 109 cm³/mol. The molecule has 0 saturated heterocycles. The smallest absolute Gasteiger partial charge is 0.387 e. The number of amides is 1. The van der Waals surface area contributed by atoms with Crippen LogP contribution in [0.4, 0.5) is 14.5 Å². The quantitative estimate of drug-likeness (QED) is 0.523. The maximum atomic E-state index is 12.5. The van der Waals surface area contributed by atoms with Crippen LogP contribution in [0.2, 0.25) is 0 Å². The van der Waals surface area contributed by atoms with E-state index in [4.69, 9.17) is 4.52 Å². The normalized spacial score (nSPS) is 11.4. The maximum Gasteiger partial charge on any atom is 0.387 e. The van der Waals surface area contributed by atoms with Gasteiger partial charge in [0.15, 0.2) is 5.82 Å². The van der Waals surface area contributed by atoms with Gasteiger partial charge in [-0.05, 0) is 30.7 Å². The highest BCUT2D eigenvalue weighted by Crippen LogP contribution is 2.30. The molecule has 1 heterocycles. The molecule has 1 aromatic heterocycles. The molecule has 156 valence electrons. The molecule has 3 aromatic rings. The number of aryl methyl sites for hydroxylation is 1. The third-order valence-electron chi connectivity index (χ3n) is 4.26. The summed E-state index contributed by atoms with van der Waals surface area (Å²) in [5.74, 6) is 0.515. The first-order chi connectivity index (χ1) is 14.3. The van der Waals surface area contributed by atoms with Crippen molar-refractivity contribution in [1.29, 1.82) is 0 Å². The van der Waals surface area contributed by atoms with Crippen molar-refractivity contribution in [3.63, 3.8) is 0 Å². The van der Waals surface area contributed by atoms with Crippen LogP contribution in [0, 0.1) is 6.92 Å². The highest BCUT2D eigenvalue weighted by molar-refractivity contribution is 6.04. The van der Waals surface area contributed by atoms with Gasteiger partial charge in [0.25, 0.3) is 5.89 Å². The summed E-state index contributed by atoms with van der Waals surface area (Å²) in [6, 6.07) is 11.7. The van der Waals surface area contributed by atoms with Crippen LogP contribution in [0.25, 0.3) is 17.5 Å². The van der Waals surface area contributed by atoms with Gasteiger partial charge in [0.05, 0.1) is 11.3 Å². The second-order valence-electron chi connectivity index (χ2n) is 6.85. The molecule has 8 heteroatoms. The first-order valence-corrected chi connectivity index (χ1v) is 9.31. The van der Waals surface area contributed by atoms with E-state index in [9.17, 15) is 13.6 Å². The molecule has 6 nitrogen and oxygen atoms in total. The summed E-state index contributed by atoms with van der Waals surface area (Å²) in [5, 5.41) is 6.77. The van der Waals surface area contributed by atoms with Gasteiger partial charge in [-0.25, -0.2) is 0 Å². The molecule has 0 saturated carbocycles. The number of ether oxygens (including phenoxy) is 1. The Labute approximate surface area is 172 Å². The fourth-order valence-electron chi connectivity index (χ4n) is 2.74. The summed E-state index contributed by atoms with van der Waals surface area (Å²) >= 11 is 0. The molecule has 0 aliphatic rings. The Morgan fingerprint density at radius 2 is 1.93 bits per heavy atom. The van der Waals surface area contributed by atoms with Gasteiger partial charge in [0.1, 0.15) is 5.75 Å². The third kappa shape index (κ3) is 5.08. The number of hydrogen-bond acceptors (Lipinski definition) is 5. The first-order valence-electron chi connectivity index (χ1n) is 9.31. The molecule has 0 atom stereocenters. The fraction of sp³-hybridized carbons (Fsp3) is 0.227. The number of carbonyl (C=O) groups is 1. The van der Waals surface area contributed by atoms with Gasteiger partial charge in [-0.15, -0.1) is 0 Å². The van der Waals surface area contributed by atoms with Crippen molar-refractivity contribution < 1.29 is 22.8 Å². The lowest BCUT2D eigenvalue weighted by Crippen LogP contribution is -2.10. The molecule has 0 unspecified atom stereocenters. The van der Waals surface area contributed by atoms with Gasteiger partial charge >= 0.3 is 6.61 Å². The van der Waals surface area contributed by atoms with Crippen LogP contribution in [0.5, 0.6) is 5.75 Å². The lowest BCUT2D eigenvalue weighted by molar-refractivity contribution is -0.111. The molecule has 3 rings (SSSR count). The number of rotatable bonds is 7. The van der Waals surface area contributed by atoms with E-state index in [-0.39, 0.29) is 11.7 Å². The molecule has 0 fully saturated rings. The van der Waals surface area contributed by atoms with Gasteiger partial charge in [-0.3, -0.25) is 4.79 Å². The SMILES string of the molecule is Cc1cccc(-c2nc(C(C)C)no2)c1NC(=O)/C=C/c1ccccc1OC(F)F. The third-order valence-corrected chi connectivity index (χ3v) is 4.26. The Bertz CT molecular complexity index is 1060. The molecule has 0 spiro atoms. The lowest BCUT2D eigenvalue weighted by atomic mass is 10.1. The Hall–Kier alpha value is -3.55. The molecule has 0 radical (unpaired) electrons. The monoisotopic (exact) mass is 413 g/mol. The van der Waals surface area contributed by atoms with Crippen LogP contribution < -0.4 is 10.1 Å². The minimum absolute atomic E-state index is 0.0137. The number of nitrogens with zero attached hydrogens (tertiary/aromatic N) is 2. The minimum Gasteiger partial charge on any atom is -0.434 e. The Balaban J connectivity index is 1.83. The van der Waals surface area contributed by atoms with E-state index in [2.05, 4.69) is 20.2 Å². The zero-order valence-corrected chi connectivity index (χ0v) is 16.7.